The average molecular weight is 437 g/mol. The Kier molecular flexibility index (Phi) is 8.53. The number of carbonyl (C=O) groups is 3. The van der Waals surface area contributed by atoms with Crippen LogP contribution in [0.1, 0.15) is 33.6 Å². The zero-order valence-electron chi connectivity index (χ0n) is 16.8. The van der Waals surface area contributed by atoms with Crippen LogP contribution in [0, 0.1) is 13.8 Å². The topological polar surface area (TPSA) is 93.7 Å². The van der Waals surface area contributed by atoms with Crippen molar-refractivity contribution in [3.63, 3.8) is 0 Å². The van der Waals surface area contributed by atoms with Gasteiger partial charge < -0.3 is 14.8 Å². The zero-order valence-corrected chi connectivity index (χ0v) is 18.4. The number of alkyl carbamates (subject to hydrolysis) is 1. The molecular formula is C20H24N2O5S2. The molecule has 0 aliphatic heterocycles. The molecule has 0 aliphatic rings. The minimum atomic E-state index is -0.842. The number of ether oxygens (including phenoxy) is 2. The Bertz CT molecular complexity index is 878. The number of imide groups is 1. The lowest BCUT2D eigenvalue weighted by molar-refractivity contribution is -0.116. The van der Waals surface area contributed by atoms with Crippen molar-refractivity contribution in [2.75, 3.05) is 25.3 Å². The maximum atomic E-state index is 12.3. The van der Waals surface area contributed by atoms with Gasteiger partial charge >= 0.3 is 6.09 Å². The lowest BCUT2D eigenvalue weighted by Crippen LogP contribution is -2.31. The highest BCUT2D eigenvalue weighted by atomic mass is 32.2. The van der Waals surface area contributed by atoms with E-state index in [1.54, 1.807) is 25.8 Å². The predicted molar refractivity (Wildman–Crippen MR) is 115 cm³/mol. The molecule has 7 nitrogen and oxygen atoms in total. The molecule has 0 radical (unpaired) electrons. The molecule has 0 atom stereocenters. The molecule has 2 rings (SSSR count). The molecule has 9 heteroatoms. The quantitative estimate of drug-likeness (QED) is 0.471. The number of hydrogen-bond acceptors (Lipinski definition) is 7. The second-order valence-electron chi connectivity index (χ2n) is 6.11. The third-order valence-electron chi connectivity index (χ3n) is 4.14. The molecule has 0 unspecified atom stereocenters. The molecular weight excluding hydrogens is 412 g/mol. The monoisotopic (exact) mass is 436 g/mol. The van der Waals surface area contributed by atoms with E-state index in [1.165, 1.54) is 18.4 Å². The first-order valence-electron chi connectivity index (χ1n) is 8.91. The fourth-order valence-corrected chi connectivity index (χ4v) is 4.41. The van der Waals surface area contributed by atoms with Crippen molar-refractivity contribution in [2.45, 2.75) is 31.6 Å². The Labute approximate surface area is 178 Å². The first kappa shape index (κ1) is 22.8. The number of benzene rings is 1. The number of thiophene rings is 1. The van der Waals surface area contributed by atoms with Crippen molar-refractivity contribution in [1.82, 2.24) is 5.32 Å². The number of hydrogen-bond donors (Lipinski definition) is 2. The molecule has 1 aromatic carbocycles. The SMILES string of the molecule is COC(=O)NC(=O)c1c(NC(=O)CCCSc2ccc(OC)cc2)sc(C)c1C. The minimum absolute atomic E-state index is 0.173. The van der Waals surface area contributed by atoms with Gasteiger partial charge in [0.25, 0.3) is 5.91 Å². The molecule has 0 fully saturated rings. The predicted octanol–water partition coefficient (Wildman–Crippen LogP) is 4.38. The van der Waals surface area contributed by atoms with Crippen LogP contribution in [-0.4, -0.2) is 37.9 Å². The van der Waals surface area contributed by atoms with E-state index in [0.717, 1.165) is 26.8 Å². The van der Waals surface area contributed by atoms with Crippen molar-refractivity contribution < 1.29 is 23.9 Å². The van der Waals surface area contributed by atoms with Gasteiger partial charge in [-0.2, -0.15) is 0 Å². The summed E-state index contributed by atoms with van der Waals surface area (Å²) in [5.74, 6) is 0.831. The highest BCUT2D eigenvalue weighted by Gasteiger charge is 2.22. The van der Waals surface area contributed by atoms with Gasteiger partial charge in [-0.25, -0.2) is 4.79 Å². The van der Waals surface area contributed by atoms with Crippen LogP contribution in [-0.2, 0) is 9.53 Å². The van der Waals surface area contributed by atoms with Crippen molar-refractivity contribution in [2.24, 2.45) is 0 Å². The molecule has 1 heterocycles. The van der Waals surface area contributed by atoms with E-state index in [9.17, 15) is 14.4 Å². The molecule has 1 aromatic heterocycles. The summed E-state index contributed by atoms with van der Waals surface area (Å²) in [6, 6.07) is 7.76. The van der Waals surface area contributed by atoms with Crippen molar-refractivity contribution in [3.05, 3.63) is 40.3 Å². The maximum Gasteiger partial charge on any atom is 0.413 e. The summed E-state index contributed by atoms with van der Waals surface area (Å²) >= 11 is 2.97. The number of rotatable bonds is 8. The van der Waals surface area contributed by atoms with Gasteiger partial charge in [0.05, 0.1) is 19.8 Å². The Morgan fingerprint density at radius 3 is 2.41 bits per heavy atom. The number of carbonyl (C=O) groups excluding carboxylic acids is 3. The molecule has 0 bridgehead atoms. The van der Waals surface area contributed by atoms with Crippen LogP contribution in [0.3, 0.4) is 0 Å². The standard InChI is InChI=1S/C20H24N2O5S2/c1-12-13(2)29-19(17(12)18(24)22-20(25)27-4)21-16(23)6-5-11-28-15-9-7-14(26-3)8-10-15/h7-10H,5-6,11H2,1-4H3,(H,21,23)(H,22,24,25). The summed E-state index contributed by atoms with van der Waals surface area (Å²) < 4.78 is 9.59. The zero-order chi connectivity index (χ0) is 21.4. The lowest BCUT2D eigenvalue weighted by Gasteiger charge is -2.08. The average Bonchev–Trinajstić information content (AvgIpc) is 2.98. The normalized spacial score (nSPS) is 10.3. The minimum Gasteiger partial charge on any atom is -0.497 e. The Morgan fingerprint density at radius 2 is 1.79 bits per heavy atom. The summed E-state index contributed by atoms with van der Waals surface area (Å²) in [6.45, 7) is 3.63. The Morgan fingerprint density at radius 1 is 1.10 bits per heavy atom. The third-order valence-corrected chi connectivity index (χ3v) is 6.36. The first-order chi connectivity index (χ1) is 13.8. The first-order valence-corrected chi connectivity index (χ1v) is 10.7. The van der Waals surface area contributed by atoms with Crippen LogP contribution in [0.4, 0.5) is 9.80 Å². The van der Waals surface area contributed by atoms with Gasteiger partial charge in [-0.1, -0.05) is 0 Å². The van der Waals surface area contributed by atoms with Crippen molar-refractivity contribution >= 4 is 46.0 Å². The van der Waals surface area contributed by atoms with Crippen LogP contribution in [0.15, 0.2) is 29.2 Å². The van der Waals surface area contributed by atoms with Gasteiger partial charge in [0, 0.05) is 16.2 Å². The molecule has 156 valence electrons. The molecule has 0 saturated carbocycles. The number of anilines is 1. The molecule has 2 N–H and O–H groups in total. The molecule has 3 amide bonds. The Hall–Kier alpha value is -2.52. The fourth-order valence-electron chi connectivity index (χ4n) is 2.48. The van der Waals surface area contributed by atoms with Gasteiger partial charge in [-0.05, 0) is 55.9 Å². The molecule has 0 spiro atoms. The van der Waals surface area contributed by atoms with Gasteiger partial charge in [0.1, 0.15) is 10.8 Å². The highest BCUT2D eigenvalue weighted by Crippen LogP contribution is 2.32. The van der Waals surface area contributed by atoms with E-state index in [1.807, 2.05) is 31.2 Å². The molecule has 2 aromatic rings. The van der Waals surface area contributed by atoms with E-state index in [2.05, 4.69) is 15.4 Å². The summed E-state index contributed by atoms with van der Waals surface area (Å²) in [4.78, 5) is 38.0. The number of aryl methyl sites for hydroxylation is 1. The molecule has 0 saturated heterocycles. The van der Waals surface area contributed by atoms with E-state index >= 15 is 0 Å². The van der Waals surface area contributed by atoms with Crippen molar-refractivity contribution in [3.8, 4) is 5.75 Å². The molecule has 29 heavy (non-hydrogen) atoms. The number of amides is 3. The molecule has 0 aliphatic carbocycles. The van der Waals surface area contributed by atoms with Crippen molar-refractivity contribution in [1.29, 1.82) is 0 Å². The van der Waals surface area contributed by atoms with E-state index in [4.69, 9.17) is 4.74 Å². The van der Waals surface area contributed by atoms with Crippen LogP contribution >= 0.6 is 23.1 Å². The maximum absolute atomic E-state index is 12.3. The largest absolute Gasteiger partial charge is 0.497 e. The number of methoxy groups -OCH3 is 2. The Balaban J connectivity index is 1.88. The van der Waals surface area contributed by atoms with Gasteiger partial charge in [-0.3, -0.25) is 14.9 Å². The highest BCUT2D eigenvalue weighted by molar-refractivity contribution is 7.99. The van der Waals surface area contributed by atoms with Crippen LogP contribution in [0.25, 0.3) is 0 Å². The summed E-state index contributed by atoms with van der Waals surface area (Å²) in [5.41, 5.74) is 1.01. The lowest BCUT2D eigenvalue weighted by atomic mass is 10.1. The van der Waals surface area contributed by atoms with Crippen LogP contribution in [0.5, 0.6) is 5.75 Å². The van der Waals surface area contributed by atoms with Gasteiger partial charge in [0.2, 0.25) is 5.91 Å². The van der Waals surface area contributed by atoms with Crippen LogP contribution < -0.4 is 15.4 Å². The van der Waals surface area contributed by atoms with E-state index < -0.39 is 12.0 Å². The number of thioether (sulfide) groups is 1. The fraction of sp³-hybridized carbons (Fsp3) is 0.350. The smallest absolute Gasteiger partial charge is 0.413 e. The van der Waals surface area contributed by atoms with Gasteiger partial charge in [-0.15, -0.1) is 23.1 Å². The number of nitrogens with one attached hydrogen (secondary N) is 2. The summed E-state index contributed by atoms with van der Waals surface area (Å²) in [7, 11) is 2.81. The summed E-state index contributed by atoms with van der Waals surface area (Å²) in [5, 5.41) is 5.37. The van der Waals surface area contributed by atoms with Gasteiger partial charge in [0.15, 0.2) is 0 Å². The second kappa shape index (κ2) is 10.9. The second-order valence-corrected chi connectivity index (χ2v) is 8.50. The summed E-state index contributed by atoms with van der Waals surface area (Å²) in [6.07, 6.45) is 0.179. The van der Waals surface area contributed by atoms with Crippen LogP contribution in [0.2, 0.25) is 0 Å². The van der Waals surface area contributed by atoms with E-state index in [0.29, 0.717) is 23.4 Å². The third kappa shape index (κ3) is 6.50. The van der Waals surface area contributed by atoms with E-state index in [-0.39, 0.29) is 5.91 Å².